The van der Waals surface area contributed by atoms with Gasteiger partial charge in [-0.25, -0.2) is 5.48 Å². The molecule has 2 heterocycles. The number of likely N-dealkylation sites (tertiary alicyclic amines) is 1. The van der Waals surface area contributed by atoms with E-state index in [0.29, 0.717) is 17.6 Å². The zero-order valence-electron chi connectivity index (χ0n) is 15.6. The summed E-state index contributed by atoms with van der Waals surface area (Å²) in [5, 5.41) is 12.6. The fourth-order valence-electron chi connectivity index (χ4n) is 3.08. The van der Waals surface area contributed by atoms with Crippen molar-refractivity contribution in [2.75, 3.05) is 19.6 Å². The van der Waals surface area contributed by atoms with E-state index in [9.17, 15) is 4.79 Å². The second-order valence-electron chi connectivity index (χ2n) is 6.58. The van der Waals surface area contributed by atoms with Gasteiger partial charge >= 0.3 is 0 Å². The number of hydrogen-bond donors (Lipinski definition) is 2. The number of rotatable bonds is 8. The summed E-state index contributed by atoms with van der Waals surface area (Å²) in [4.78, 5) is 17.8. The van der Waals surface area contributed by atoms with Crippen molar-refractivity contribution >= 4 is 12.0 Å². The fraction of sp³-hybridized carbons (Fsp3) is 0.350. The van der Waals surface area contributed by atoms with E-state index in [1.165, 1.54) is 11.6 Å². The number of nitrogens with zero attached hydrogens (tertiary/aromatic N) is 3. The number of nitrogens with one attached hydrogen (secondary N) is 1. The Labute approximate surface area is 163 Å². The van der Waals surface area contributed by atoms with Crippen LogP contribution in [0.15, 0.2) is 47.5 Å². The first kappa shape index (κ1) is 19.8. The molecule has 8 heteroatoms. The highest BCUT2D eigenvalue weighted by molar-refractivity contribution is 5.90. The Morgan fingerprint density at radius 3 is 2.79 bits per heavy atom. The van der Waals surface area contributed by atoms with Crippen molar-refractivity contribution in [3.8, 4) is 5.75 Å². The lowest BCUT2D eigenvalue weighted by molar-refractivity contribution is -0.124. The second-order valence-corrected chi connectivity index (χ2v) is 6.58. The number of carbonyl (C=O) groups is 1. The van der Waals surface area contributed by atoms with Crippen LogP contribution in [-0.4, -0.2) is 45.8 Å². The van der Waals surface area contributed by atoms with Crippen LogP contribution < -0.4 is 10.2 Å². The number of benzene rings is 1. The van der Waals surface area contributed by atoms with Gasteiger partial charge in [0.2, 0.25) is 0 Å². The van der Waals surface area contributed by atoms with Gasteiger partial charge in [-0.1, -0.05) is 23.4 Å². The third-order valence-electron chi connectivity index (χ3n) is 4.60. The van der Waals surface area contributed by atoms with Gasteiger partial charge in [-0.3, -0.25) is 14.9 Å². The van der Waals surface area contributed by atoms with Crippen molar-refractivity contribution in [3.05, 3.63) is 60.3 Å². The summed E-state index contributed by atoms with van der Waals surface area (Å²) in [7, 11) is 0. The summed E-state index contributed by atoms with van der Waals surface area (Å²) in [6.45, 7) is 6.92. The molecule has 148 valence electrons. The van der Waals surface area contributed by atoms with E-state index < -0.39 is 5.91 Å². The van der Waals surface area contributed by atoms with Crippen molar-refractivity contribution in [3.63, 3.8) is 0 Å². The predicted molar refractivity (Wildman–Crippen MR) is 103 cm³/mol. The van der Waals surface area contributed by atoms with E-state index in [1.807, 2.05) is 6.08 Å². The zero-order chi connectivity index (χ0) is 19.8. The molecule has 28 heavy (non-hydrogen) atoms. The highest BCUT2D eigenvalue weighted by Gasteiger charge is 2.24. The van der Waals surface area contributed by atoms with Gasteiger partial charge in [0.1, 0.15) is 5.75 Å². The minimum atomic E-state index is -0.584. The molecule has 1 fully saturated rings. The van der Waals surface area contributed by atoms with Gasteiger partial charge in [0.15, 0.2) is 12.4 Å². The van der Waals surface area contributed by atoms with Crippen LogP contribution in [-0.2, 0) is 11.4 Å². The molecule has 0 saturated carbocycles. The monoisotopic (exact) mass is 384 g/mol. The largest absolute Gasteiger partial charge is 0.484 e. The van der Waals surface area contributed by atoms with Gasteiger partial charge in [-0.05, 0) is 49.7 Å². The molecular weight excluding hydrogens is 360 g/mol. The Morgan fingerprint density at radius 1 is 1.36 bits per heavy atom. The van der Waals surface area contributed by atoms with Crippen LogP contribution in [0.2, 0.25) is 0 Å². The Bertz CT molecular complexity index is 808. The van der Waals surface area contributed by atoms with Gasteiger partial charge in [0.25, 0.3) is 11.8 Å². The Hall–Kier alpha value is -2.97. The maximum absolute atomic E-state index is 11.0. The highest BCUT2D eigenvalue weighted by atomic mass is 16.5. The molecule has 0 spiro atoms. The summed E-state index contributed by atoms with van der Waals surface area (Å²) in [6, 6.07) is 7.16. The lowest BCUT2D eigenvalue weighted by Gasteiger charge is -2.29. The number of piperidine rings is 1. The Morgan fingerprint density at radius 2 is 2.11 bits per heavy atom. The molecule has 1 aromatic carbocycles. The maximum Gasteiger partial charge on any atom is 0.267 e. The number of ether oxygens (including phenoxy) is 1. The van der Waals surface area contributed by atoms with Crippen LogP contribution in [0.3, 0.4) is 0 Å². The van der Waals surface area contributed by atoms with Crippen LogP contribution in [0, 0.1) is 0 Å². The van der Waals surface area contributed by atoms with Crippen LogP contribution >= 0.6 is 0 Å². The third kappa shape index (κ3) is 5.51. The number of carbonyl (C=O) groups excluding carboxylic acids is 1. The molecule has 0 bridgehead atoms. The topological polar surface area (TPSA) is 101 Å². The quantitative estimate of drug-likeness (QED) is 0.312. The molecule has 1 saturated heterocycles. The smallest absolute Gasteiger partial charge is 0.267 e. The number of amides is 1. The average molecular weight is 384 g/mol. The van der Waals surface area contributed by atoms with Gasteiger partial charge in [0, 0.05) is 18.5 Å². The normalized spacial score (nSPS) is 15.6. The highest BCUT2D eigenvalue weighted by Crippen LogP contribution is 2.26. The Balaban J connectivity index is 1.49. The molecule has 1 aliphatic heterocycles. The number of hydroxylamine groups is 1. The minimum absolute atomic E-state index is 0.199. The summed E-state index contributed by atoms with van der Waals surface area (Å²) >= 11 is 0. The van der Waals surface area contributed by atoms with Crippen LogP contribution in [0.5, 0.6) is 5.75 Å². The molecule has 0 aliphatic carbocycles. The van der Waals surface area contributed by atoms with Crippen molar-refractivity contribution < 1.29 is 19.3 Å². The van der Waals surface area contributed by atoms with Crippen molar-refractivity contribution in [2.45, 2.75) is 25.4 Å². The molecule has 1 amide bonds. The molecule has 1 aromatic heterocycles. The first-order valence-electron chi connectivity index (χ1n) is 9.18. The SMILES string of the molecule is C=CCN1CCC(c2noc(COc3ccc(C=CC(=O)NO)cc3)n2)CC1. The molecule has 0 unspecified atom stereocenters. The first-order chi connectivity index (χ1) is 13.7. The molecule has 2 aromatic rings. The van der Waals surface area contributed by atoms with E-state index in [0.717, 1.165) is 43.9 Å². The van der Waals surface area contributed by atoms with Gasteiger partial charge in [-0.2, -0.15) is 4.98 Å². The van der Waals surface area contributed by atoms with E-state index >= 15 is 0 Å². The Kier molecular flexibility index (Phi) is 6.94. The van der Waals surface area contributed by atoms with E-state index in [2.05, 4.69) is 21.6 Å². The molecule has 8 nitrogen and oxygen atoms in total. The summed E-state index contributed by atoms with van der Waals surface area (Å²) in [6.07, 6.45) is 6.77. The number of hydrogen-bond acceptors (Lipinski definition) is 7. The molecule has 0 atom stereocenters. The number of aromatic nitrogens is 2. The second kappa shape index (κ2) is 9.82. The maximum atomic E-state index is 11.0. The van der Waals surface area contributed by atoms with Crippen molar-refractivity contribution in [1.82, 2.24) is 20.5 Å². The molecule has 3 rings (SSSR count). The van der Waals surface area contributed by atoms with Crippen molar-refractivity contribution in [2.24, 2.45) is 0 Å². The molecule has 2 N–H and O–H groups in total. The van der Waals surface area contributed by atoms with Gasteiger partial charge in [0.05, 0.1) is 0 Å². The molecule has 1 aliphatic rings. The lowest BCUT2D eigenvalue weighted by atomic mass is 9.96. The van der Waals surface area contributed by atoms with Crippen LogP contribution in [0.1, 0.15) is 36.0 Å². The van der Waals surface area contributed by atoms with Crippen LogP contribution in [0.25, 0.3) is 6.08 Å². The average Bonchev–Trinajstić information content (AvgIpc) is 3.21. The summed E-state index contributed by atoms with van der Waals surface area (Å²) < 4.78 is 11.0. The van der Waals surface area contributed by atoms with Gasteiger partial charge < -0.3 is 9.26 Å². The minimum Gasteiger partial charge on any atom is -0.484 e. The fourth-order valence-corrected chi connectivity index (χ4v) is 3.08. The summed E-state index contributed by atoms with van der Waals surface area (Å²) in [5.41, 5.74) is 2.34. The van der Waals surface area contributed by atoms with Crippen LogP contribution in [0.4, 0.5) is 0 Å². The summed E-state index contributed by atoms with van der Waals surface area (Å²) in [5.74, 6) is 1.59. The van der Waals surface area contributed by atoms with E-state index in [-0.39, 0.29) is 6.61 Å². The molecular formula is C20H24N4O4. The van der Waals surface area contributed by atoms with Crippen molar-refractivity contribution in [1.29, 1.82) is 0 Å². The molecule has 0 radical (unpaired) electrons. The van der Waals surface area contributed by atoms with E-state index in [4.69, 9.17) is 14.5 Å². The zero-order valence-corrected chi connectivity index (χ0v) is 15.6. The standard InChI is InChI=1S/C20H24N4O4/c1-2-11-24-12-9-16(10-13-24)20-21-19(28-23-20)14-27-17-6-3-15(4-7-17)5-8-18(25)22-26/h2-8,16,26H,1,9-14H2,(H,22,25). The van der Waals surface area contributed by atoms with E-state index in [1.54, 1.807) is 30.3 Å². The third-order valence-corrected chi connectivity index (χ3v) is 4.60. The first-order valence-corrected chi connectivity index (χ1v) is 9.18. The predicted octanol–water partition coefficient (Wildman–Crippen LogP) is 2.53. The lowest BCUT2D eigenvalue weighted by Crippen LogP contribution is -2.33. The van der Waals surface area contributed by atoms with Gasteiger partial charge in [-0.15, -0.1) is 6.58 Å².